The molecule has 0 aliphatic rings. The molecule has 0 saturated heterocycles. The molecule has 0 unspecified atom stereocenters. The van der Waals surface area contributed by atoms with Gasteiger partial charge in [-0.05, 0) is 0 Å². The lowest BCUT2D eigenvalue weighted by molar-refractivity contribution is -0.173. The van der Waals surface area contributed by atoms with E-state index in [2.05, 4.69) is 15.7 Å². The summed E-state index contributed by atoms with van der Waals surface area (Å²) in [4.78, 5) is 13.8. The second kappa shape index (κ2) is 4.58. The normalized spacial score (nSPS) is 11.9. The Balaban J connectivity index is 3.43. The molecular formula is C5H7F3N2O2. The fraction of sp³-hybridized carbons (Fsp3) is 0.600. The van der Waals surface area contributed by atoms with Crippen LogP contribution in [0.5, 0.6) is 0 Å². The van der Waals surface area contributed by atoms with Crippen molar-refractivity contribution in [2.45, 2.75) is 12.6 Å². The number of hydrogen-bond acceptors (Lipinski definition) is 3. The van der Waals surface area contributed by atoms with Gasteiger partial charge in [0.15, 0.2) is 0 Å². The molecule has 0 aliphatic carbocycles. The number of carbonyl (C=O) groups excluding carboxylic acids is 1. The lowest BCUT2D eigenvalue weighted by Gasteiger charge is -2.02. The van der Waals surface area contributed by atoms with Crippen LogP contribution < -0.4 is 5.73 Å². The van der Waals surface area contributed by atoms with Crippen LogP contribution in [-0.4, -0.2) is 24.9 Å². The molecule has 0 saturated carbocycles. The summed E-state index contributed by atoms with van der Waals surface area (Å²) in [7, 11) is 0. The third kappa shape index (κ3) is 8.73. The Kier molecular flexibility index (Phi) is 4.09. The Bertz CT molecular complexity index is 178. The van der Waals surface area contributed by atoms with Gasteiger partial charge in [0.05, 0.1) is 12.6 Å². The molecule has 7 heteroatoms. The van der Waals surface area contributed by atoms with Gasteiger partial charge in [-0.15, -0.1) is 0 Å². The first-order valence-corrected chi connectivity index (χ1v) is 2.90. The summed E-state index contributed by atoms with van der Waals surface area (Å²) in [5, 5.41) is 2.85. The first-order valence-electron chi connectivity index (χ1n) is 2.90. The van der Waals surface area contributed by atoms with Gasteiger partial charge in [-0.25, -0.2) is 0 Å². The van der Waals surface area contributed by atoms with E-state index in [-0.39, 0.29) is 6.42 Å². The Morgan fingerprint density at radius 2 is 2.17 bits per heavy atom. The van der Waals surface area contributed by atoms with Gasteiger partial charge in [0.1, 0.15) is 0 Å². The lowest BCUT2D eigenvalue weighted by Crippen LogP contribution is -2.15. The molecule has 0 rings (SSSR count). The molecule has 70 valence electrons. The minimum atomic E-state index is -4.41. The van der Waals surface area contributed by atoms with Crippen molar-refractivity contribution >= 4 is 12.1 Å². The van der Waals surface area contributed by atoms with Crippen molar-refractivity contribution in [3.8, 4) is 0 Å². The summed E-state index contributed by atoms with van der Waals surface area (Å²) >= 11 is 0. The fourth-order valence-electron chi connectivity index (χ4n) is 0.290. The fourth-order valence-corrected chi connectivity index (χ4v) is 0.290. The molecule has 1 amide bonds. The molecule has 0 bridgehead atoms. The van der Waals surface area contributed by atoms with E-state index in [1.807, 2.05) is 0 Å². The average molecular weight is 184 g/mol. The number of oxime groups is 1. The van der Waals surface area contributed by atoms with Crippen LogP contribution in [0.4, 0.5) is 13.2 Å². The molecule has 0 spiro atoms. The van der Waals surface area contributed by atoms with E-state index in [4.69, 9.17) is 0 Å². The summed E-state index contributed by atoms with van der Waals surface area (Å²) in [6, 6.07) is 0. The van der Waals surface area contributed by atoms with Gasteiger partial charge in [-0.1, -0.05) is 5.16 Å². The van der Waals surface area contributed by atoms with Crippen molar-refractivity contribution in [1.82, 2.24) is 0 Å². The number of nitrogens with two attached hydrogens (primary N) is 1. The van der Waals surface area contributed by atoms with E-state index < -0.39 is 18.7 Å². The van der Waals surface area contributed by atoms with Gasteiger partial charge in [0.2, 0.25) is 12.5 Å². The summed E-state index contributed by atoms with van der Waals surface area (Å²) in [6.45, 7) is -1.47. The molecular weight excluding hydrogens is 177 g/mol. The van der Waals surface area contributed by atoms with Gasteiger partial charge in [-0.3, -0.25) is 4.79 Å². The van der Waals surface area contributed by atoms with E-state index in [9.17, 15) is 18.0 Å². The van der Waals surface area contributed by atoms with Crippen LogP contribution in [0.3, 0.4) is 0 Å². The van der Waals surface area contributed by atoms with Gasteiger partial charge in [-0.2, -0.15) is 13.2 Å². The number of hydrogen-bond donors (Lipinski definition) is 1. The molecule has 0 aromatic rings. The Hall–Kier alpha value is -1.27. The van der Waals surface area contributed by atoms with Crippen LogP contribution in [0.2, 0.25) is 0 Å². The zero-order valence-corrected chi connectivity index (χ0v) is 5.97. The maximum atomic E-state index is 11.4. The topological polar surface area (TPSA) is 64.7 Å². The van der Waals surface area contributed by atoms with Gasteiger partial charge in [0, 0.05) is 0 Å². The quantitative estimate of drug-likeness (QED) is 0.508. The van der Waals surface area contributed by atoms with E-state index in [0.717, 1.165) is 6.21 Å². The molecule has 2 N–H and O–H groups in total. The highest BCUT2D eigenvalue weighted by Gasteiger charge is 2.28. The number of halogens is 3. The highest BCUT2D eigenvalue weighted by atomic mass is 19.4. The Morgan fingerprint density at radius 3 is 2.58 bits per heavy atom. The number of nitrogens with zero attached hydrogens (tertiary/aromatic N) is 1. The first-order chi connectivity index (χ1) is 5.42. The van der Waals surface area contributed by atoms with E-state index in [1.165, 1.54) is 0 Å². The van der Waals surface area contributed by atoms with Crippen LogP contribution in [0.25, 0.3) is 0 Å². The predicted molar refractivity (Wildman–Crippen MR) is 34.3 cm³/mol. The molecule has 0 aromatic carbocycles. The largest absolute Gasteiger partial charge is 0.425 e. The van der Waals surface area contributed by atoms with E-state index in [0.29, 0.717) is 0 Å². The molecule has 12 heavy (non-hydrogen) atoms. The van der Waals surface area contributed by atoms with Crippen molar-refractivity contribution < 1.29 is 22.8 Å². The number of alkyl halides is 3. The van der Waals surface area contributed by atoms with E-state index in [1.54, 1.807) is 0 Å². The minimum Gasteiger partial charge on any atom is -0.386 e. The lowest BCUT2D eigenvalue weighted by atomic mass is 10.5. The third-order valence-electron chi connectivity index (χ3n) is 0.670. The van der Waals surface area contributed by atoms with Gasteiger partial charge >= 0.3 is 6.18 Å². The minimum absolute atomic E-state index is 0.238. The zero-order valence-electron chi connectivity index (χ0n) is 5.97. The number of rotatable bonds is 4. The smallest absolute Gasteiger partial charge is 0.386 e. The number of carbonyl (C=O) groups is 1. The van der Waals surface area contributed by atoms with Gasteiger partial charge in [0.25, 0.3) is 0 Å². The molecule has 0 aliphatic heterocycles. The van der Waals surface area contributed by atoms with Crippen molar-refractivity contribution in [1.29, 1.82) is 0 Å². The molecule has 0 radical (unpaired) electrons. The van der Waals surface area contributed by atoms with Crippen molar-refractivity contribution in [3.05, 3.63) is 0 Å². The Morgan fingerprint density at radius 1 is 1.58 bits per heavy atom. The summed E-state index contributed by atoms with van der Waals surface area (Å²) < 4.78 is 34.1. The molecule has 0 aromatic heterocycles. The van der Waals surface area contributed by atoms with Gasteiger partial charge < -0.3 is 10.6 Å². The van der Waals surface area contributed by atoms with Crippen molar-refractivity contribution in [2.75, 3.05) is 6.61 Å². The standard InChI is InChI=1S/C5H7F3N2O2/c6-5(7,8)3-12-10-2-1-4(9)11/h2H,1,3H2,(H2,9,11). The second-order valence-electron chi connectivity index (χ2n) is 1.85. The molecule has 4 nitrogen and oxygen atoms in total. The average Bonchev–Trinajstić information content (AvgIpc) is 1.83. The van der Waals surface area contributed by atoms with Crippen LogP contribution in [0, 0.1) is 0 Å². The molecule has 0 fully saturated rings. The molecule has 0 heterocycles. The maximum Gasteiger partial charge on any atom is 0.425 e. The van der Waals surface area contributed by atoms with Crippen LogP contribution >= 0.6 is 0 Å². The van der Waals surface area contributed by atoms with Crippen LogP contribution in [0.1, 0.15) is 6.42 Å². The highest BCUT2D eigenvalue weighted by molar-refractivity contribution is 5.88. The monoisotopic (exact) mass is 184 g/mol. The number of amides is 1. The summed E-state index contributed by atoms with van der Waals surface area (Å²) in [5.74, 6) is -0.686. The van der Waals surface area contributed by atoms with Crippen molar-refractivity contribution in [2.24, 2.45) is 10.9 Å². The highest BCUT2D eigenvalue weighted by Crippen LogP contribution is 2.14. The van der Waals surface area contributed by atoms with Crippen LogP contribution in [-0.2, 0) is 9.63 Å². The molecule has 0 atom stereocenters. The summed E-state index contributed by atoms with van der Waals surface area (Å²) in [6.07, 6.45) is -3.78. The summed E-state index contributed by atoms with van der Waals surface area (Å²) in [5.41, 5.74) is 4.65. The zero-order chi connectivity index (χ0) is 9.61. The van der Waals surface area contributed by atoms with Crippen LogP contribution in [0.15, 0.2) is 5.16 Å². The Labute approximate surface area is 66.2 Å². The van der Waals surface area contributed by atoms with Crippen molar-refractivity contribution in [3.63, 3.8) is 0 Å². The van der Waals surface area contributed by atoms with E-state index >= 15 is 0 Å². The second-order valence-corrected chi connectivity index (χ2v) is 1.85. The first kappa shape index (κ1) is 10.7. The maximum absolute atomic E-state index is 11.4. The third-order valence-corrected chi connectivity index (χ3v) is 0.670. The number of primary amides is 1. The SMILES string of the molecule is NC(=O)CC=NOCC(F)(F)F. The predicted octanol–water partition coefficient (Wildman–Crippen LogP) is 0.426.